The van der Waals surface area contributed by atoms with Gasteiger partial charge in [0.05, 0.1) is 6.10 Å². The van der Waals surface area contributed by atoms with Crippen molar-refractivity contribution >= 4 is 0 Å². The van der Waals surface area contributed by atoms with Crippen LogP contribution in [0, 0.1) is 0 Å². The first-order valence-electron chi connectivity index (χ1n) is 6.24. The van der Waals surface area contributed by atoms with Crippen LogP contribution in [0.15, 0.2) is 30.3 Å². The third-order valence-electron chi connectivity index (χ3n) is 3.32. The summed E-state index contributed by atoms with van der Waals surface area (Å²) < 4.78 is 5.79. The number of rotatable bonds is 4. The van der Waals surface area contributed by atoms with Gasteiger partial charge in [-0.05, 0) is 38.3 Å². The molecule has 1 fully saturated rings. The lowest BCUT2D eigenvalue weighted by molar-refractivity contribution is 0.00548. The van der Waals surface area contributed by atoms with Gasteiger partial charge in [-0.2, -0.15) is 0 Å². The minimum absolute atomic E-state index is 0.421. The monoisotopic (exact) mass is 219 g/mol. The fourth-order valence-corrected chi connectivity index (χ4v) is 2.36. The molecule has 0 amide bonds. The van der Waals surface area contributed by atoms with Crippen LogP contribution in [-0.2, 0) is 4.74 Å². The van der Waals surface area contributed by atoms with Crippen molar-refractivity contribution < 1.29 is 4.74 Å². The van der Waals surface area contributed by atoms with Crippen LogP contribution in [0.5, 0.6) is 0 Å². The molecule has 88 valence electrons. The van der Waals surface area contributed by atoms with Crippen molar-refractivity contribution in [3.8, 4) is 0 Å². The highest BCUT2D eigenvalue weighted by Crippen LogP contribution is 2.24. The molecule has 1 aromatic rings. The molecule has 2 atom stereocenters. The van der Waals surface area contributed by atoms with Crippen molar-refractivity contribution in [2.45, 2.75) is 37.8 Å². The molecule has 0 aliphatic carbocycles. The summed E-state index contributed by atoms with van der Waals surface area (Å²) in [6.45, 7) is 0.940. The number of ether oxygens (including phenoxy) is 1. The maximum Gasteiger partial charge on any atom is 0.0593 e. The van der Waals surface area contributed by atoms with Crippen LogP contribution in [-0.4, -0.2) is 19.8 Å². The van der Waals surface area contributed by atoms with E-state index in [0.29, 0.717) is 12.1 Å². The summed E-state index contributed by atoms with van der Waals surface area (Å²) in [6.07, 6.45) is 5.28. The van der Waals surface area contributed by atoms with Gasteiger partial charge in [0.2, 0.25) is 0 Å². The molecule has 1 heterocycles. The quantitative estimate of drug-likeness (QED) is 0.840. The molecule has 0 bridgehead atoms. The summed E-state index contributed by atoms with van der Waals surface area (Å²) in [5, 5.41) is 3.39. The Balaban J connectivity index is 1.94. The number of benzene rings is 1. The molecule has 1 aliphatic heterocycles. The normalized spacial score (nSPS) is 22.9. The minimum atomic E-state index is 0.421. The maximum absolute atomic E-state index is 5.79. The van der Waals surface area contributed by atoms with Gasteiger partial charge in [-0.15, -0.1) is 0 Å². The number of nitrogens with one attached hydrogen (secondary N) is 1. The van der Waals surface area contributed by atoms with E-state index >= 15 is 0 Å². The Kier molecular flexibility index (Phi) is 4.37. The lowest BCUT2D eigenvalue weighted by atomic mass is 9.97. The highest BCUT2D eigenvalue weighted by atomic mass is 16.5. The molecule has 0 radical (unpaired) electrons. The van der Waals surface area contributed by atoms with Gasteiger partial charge in [0.25, 0.3) is 0 Å². The van der Waals surface area contributed by atoms with Crippen molar-refractivity contribution in [2.75, 3.05) is 13.7 Å². The Labute approximate surface area is 98.0 Å². The first-order valence-corrected chi connectivity index (χ1v) is 6.24. The fraction of sp³-hybridized carbons (Fsp3) is 0.571. The summed E-state index contributed by atoms with van der Waals surface area (Å²) in [5.74, 6) is 0. The largest absolute Gasteiger partial charge is 0.378 e. The van der Waals surface area contributed by atoms with E-state index in [1.54, 1.807) is 0 Å². The zero-order valence-corrected chi connectivity index (χ0v) is 9.99. The maximum atomic E-state index is 5.79. The molecule has 2 unspecified atom stereocenters. The molecule has 1 aliphatic rings. The molecule has 2 heteroatoms. The molecule has 2 nitrogen and oxygen atoms in total. The van der Waals surface area contributed by atoms with E-state index in [1.807, 2.05) is 7.05 Å². The molecule has 1 saturated heterocycles. The zero-order valence-electron chi connectivity index (χ0n) is 9.99. The van der Waals surface area contributed by atoms with Gasteiger partial charge in [0.15, 0.2) is 0 Å². The third-order valence-corrected chi connectivity index (χ3v) is 3.32. The second kappa shape index (κ2) is 6.02. The van der Waals surface area contributed by atoms with Crippen LogP contribution < -0.4 is 5.32 Å². The van der Waals surface area contributed by atoms with E-state index in [2.05, 4.69) is 35.6 Å². The van der Waals surface area contributed by atoms with Gasteiger partial charge in [-0.25, -0.2) is 0 Å². The highest BCUT2D eigenvalue weighted by molar-refractivity contribution is 5.18. The topological polar surface area (TPSA) is 21.3 Å². The SMILES string of the molecule is CNC(CC1CCCCO1)c1ccccc1. The average Bonchev–Trinajstić information content (AvgIpc) is 2.38. The van der Waals surface area contributed by atoms with E-state index in [-0.39, 0.29) is 0 Å². The zero-order chi connectivity index (χ0) is 11.2. The first-order chi connectivity index (χ1) is 7.90. The fourth-order valence-electron chi connectivity index (χ4n) is 2.36. The van der Waals surface area contributed by atoms with Gasteiger partial charge < -0.3 is 10.1 Å². The molecule has 1 N–H and O–H groups in total. The van der Waals surface area contributed by atoms with Crippen LogP contribution in [0.1, 0.15) is 37.3 Å². The lowest BCUT2D eigenvalue weighted by Crippen LogP contribution is -2.26. The molecule has 0 aromatic heterocycles. The predicted octanol–water partition coefficient (Wildman–Crippen LogP) is 2.91. The Morgan fingerprint density at radius 1 is 1.31 bits per heavy atom. The van der Waals surface area contributed by atoms with Gasteiger partial charge in [-0.1, -0.05) is 30.3 Å². The molecular formula is C14H21NO. The summed E-state index contributed by atoms with van der Waals surface area (Å²) in [6, 6.07) is 11.0. The van der Waals surface area contributed by atoms with E-state index in [1.165, 1.54) is 24.8 Å². The predicted molar refractivity (Wildman–Crippen MR) is 66.5 cm³/mol. The van der Waals surface area contributed by atoms with Crippen molar-refractivity contribution in [3.63, 3.8) is 0 Å². The van der Waals surface area contributed by atoms with E-state index in [4.69, 9.17) is 4.74 Å². The standard InChI is InChI=1S/C14H21NO/c1-15-14(12-7-3-2-4-8-12)11-13-9-5-6-10-16-13/h2-4,7-8,13-15H,5-6,9-11H2,1H3. The average molecular weight is 219 g/mol. The van der Waals surface area contributed by atoms with Crippen molar-refractivity contribution in [1.82, 2.24) is 5.32 Å². The van der Waals surface area contributed by atoms with Gasteiger partial charge in [0.1, 0.15) is 0 Å². The molecular weight excluding hydrogens is 198 g/mol. The summed E-state index contributed by atoms with van der Waals surface area (Å²) in [4.78, 5) is 0. The van der Waals surface area contributed by atoms with Crippen LogP contribution in [0.4, 0.5) is 0 Å². The Bertz CT molecular complexity index is 293. The van der Waals surface area contributed by atoms with Crippen LogP contribution in [0.25, 0.3) is 0 Å². The molecule has 0 spiro atoms. The number of hydrogen-bond acceptors (Lipinski definition) is 2. The third kappa shape index (κ3) is 3.06. The van der Waals surface area contributed by atoms with Crippen LogP contribution in [0.2, 0.25) is 0 Å². The lowest BCUT2D eigenvalue weighted by Gasteiger charge is -2.27. The molecule has 0 saturated carbocycles. The number of hydrogen-bond donors (Lipinski definition) is 1. The van der Waals surface area contributed by atoms with E-state index in [9.17, 15) is 0 Å². The summed E-state index contributed by atoms with van der Waals surface area (Å²) in [7, 11) is 2.03. The van der Waals surface area contributed by atoms with Crippen molar-refractivity contribution in [3.05, 3.63) is 35.9 Å². The van der Waals surface area contributed by atoms with E-state index < -0.39 is 0 Å². The Morgan fingerprint density at radius 3 is 2.75 bits per heavy atom. The van der Waals surface area contributed by atoms with Crippen molar-refractivity contribution in [1.29, 1.82) is 0 Å². The Hall–Kier alpha value is -0.860. The van der Waals surface area contributed by atoms with Gasteiger partial charge in [-0.3, -0.25) is 0 Å². The highest BCUT2D eigenvalue weighted by Gasteiger charge is 2.19. The van der Waals surface area contributed by atoms with Gasteiger partial charge in [0, 0.05) is 12.6 Å². The summed E-state index contributed by atoms with van der Waals surface area (Å²) >= 11 is 0. The second-order valence-electron chi connectivity index (χ2n) is 4.48. The van der Waals surface area contributed by atoms with Gasteiger partial charge >= 0.3 is 0 Å². The molecule has 16 heavy (non-hydrogen) atoms. The Morgan fingerprint density at radius 2 is 2.12 bits per heavy atom. The minimum Gasteiger partial charge on any atom is -0.378 e. The van der Waals surface area contributed by atoms with Crippen LogP contribution >= 0.6 is 0 Å². The molecule has 2 rings (SSSR count). The molecule has 1 aromatic carbocycles. The second-order valence-corrected chi connectivity index (χ2v) is 4.48. The van der Waals surface area contributed by atoms with Crippen molar-refractivity contribution in [2.24, 2.45) is 0 Å². The first kappa shape index (κ1) is 11.6. The van der Waals surface area contributed by atoms with Crippen LogP contribution in [0.3, 0.4) is 0 Å². The smallest absolute Gasteiger partial charge is 0.0593 e. The van der Waals surface area contributed by atoms with E-state index in [0.717, 1.165) is 13.0 Å². The summed E-state index contributed by atoms with van der Waals surface area (Å²) in [5.41, 5.74) is 1.36.